The minimum Gasteiger partial charge on any atom is -0.481 e. The standard InChI is InChI=1S/C14H28N2O4S/c1-3-5-12(6-7-13(17)18)8-9-15-14(19)16-10-11-21(20)4-2/h12H,3-11H2,1-2H3,(H,17,18)(H2,15,16,19). The van der Waals surface area contributed by atoms with Crippen LogP contribution in [-0.2, 0) is 15.6 Å². The van der Waals surface area contributed by atoms with Crippen LogP contribution in [0, 0.1) is 5.92 Å². The Morgan fingerprint density at radius 3 is 2.33 bits per heavy atom. The SMILES string of the molecule is CCCC(CCNC(=O)NCCS(=O)CC)CCC(=O)O. The van der Waals surface area contributed by atoms with Gasteiger partial charge in [-0.15, -0.1) is 0 Å². The Labute approximate surface area is 129 Å². The molecule has 0 aromatic rings. The van der Waals surface area contributed by atoms with Crippen molar-refractivity contribution < 1.29 is 18.9 Å². The lowest BCUT2D eigenvalue weighted by Gasteiger charge is -2.15. The van der Waals surface area contributed by atoms with Crippen molar-refractivity contribution in [1.82, 2.24) is 10.6 Å². The minimum absolute atomic E-state index is 0.180. The molecule has 2 atom stereocenters. The molecule has 0 heterocycles. The molecule has 2 unspecified atom stereocenters. The van der Waals surface area contributed by atoms with E-state index < -0.39 is 16.8 Å². The fraction of sp³-hybridized carbons (Fsp3) is 0.857. The Kier molecular flexibility index (Phi) is 12.0. The van der Waals surface area contributed by atoms with E-state index >= 15 is 0 Å². The van der Waals surface area contributed by atoms with Gasteiger partial charge in [0.05, 0.1) is 0 Å². The second-order valence-corrected chi connectivity index (χ2v) is 6.86. The topological polar surface area (TPSA) is 95.5 Å². The molecule has 3 N–H and O–H groups in total. The number of aliphatic carboxylic acids is 1. The maximum atomic E-state index is 11.5. The zero-order chi connectivity index (χ0) is 16.1. The third kappa shape index (κ3) is 12.3. The van der Waals surface area contributed by atoms with E-state index in [4.69, 9.17) is 5.11 Å². The van der Waals surface area contributed by atoms with E-state index in [-0.39, 0.29) is 12.5 Å². The van der Waals surface area contributed by atoms with E-state index in [0.717, 1.165) is 19.3 Å². The molecule has 0 rings (SSSR count). The van der Waals surface area contributed by atoms with Gasteiger partial charge in [0, 0.05) is 41.8 Å². The maximum Gasteiger partial charge on any atom is 0.314 e. The summed E-state index contributed by atoms with van der Waals surface area (Å²) in [6, 6.07) is -0.253. The van der Waals surface area contributed by atoms with E-state index in [9.17, 15) is 13.8 Å². The maximum absolute atomic E-state index is 11.5. The normalized spacial score (nSPS) is 13.4. The summed E-state index contributed by atoms with van der Waals surface area (Å²) in [5.41, 5.74) is 0. The Bertz CT molecular complexity index is 337. The molecular formula is C14H28N2O4S. The zero-order valence-electron chi connectivity index (χ0n) is 13.0. The van der Waals surface area contributed by atoms with Crippen LogP contribution in [0.2, 0.25) is 0 Å². The second-order valence-electron chi connectivity index (χ2n) is 4.99. The largest absolute Gasteiger partial charge is 0.481 e. The first kappa shape index (κ1) is 19.9. The highest BCUT2D eigenvalue weighted by atomic mass is 32.2. The molecule has 21 heavy (non-hydrogen) atoms. The molecule has 6 nitrogen and oxygen atoms in total. The van der Waals surface area contributed by atoms with Crippen LogP contribution < -0.4 is 10.6 Å². The predicted molar refractivity (Wildman–Crippen MR) is 84.8 cm³/mol. The average Bonchev–Trinajstić information content (AvgIpc) is 2.44. The van der Waals surface area contributed by atoms with Gasteiger partial charge in [0.25, 0.3) is 0 Å². The van der Waals surface area contributed by atoms with E-state index in [1.54, 1.807) is 0 Å². The summed E-state index contributed by atoms with van der Waals surface area (Å²) in [4.78, 5) is 22.1. The van der Waals surface area contributed by atoms with Crippen molar-refractivity contribution in [3.63, 3.8) is 0 Å². The molecule has 124 valence electrons. The number of carboxylic acids is 1. The van der Waals surface area contributed by atoms with Gasteiger partial charge in [-0.3, -0.25) is 9.00 Å². The molecule has 0 fully saturated rings. The van der Waals surface area contributed by atoms with Crippen LogP contribution in [0.1, 0.15) is 46.0 Å². The number of carbonyl (C=O) groups is 2. The number of carboxylic acid groups (broad SMARTS) is 1. The Balaban J connectivity index is 3.78. The van der Waals surface area contributed by atoms with Crippen molar-refractivity contribution in [1.29, 1.82) is 0 Å². The molecule has 0 bridgehead atoms. The van der Waals surface area contributed by atoms with Gasteiger partial charge in [-0.2, -0.15) is 0 Å². The summed E-state index contributed by atoms with van der Waals surface area (Å²) in [5, 5.41) is 14.1. The van der Waals surface area contributed by atoms with Crippen molar-refractivity contribution in [2.45, 2.75) is 46.0 Å². The first-order valence-corrected chi connectivity index (χ1v) is 9.06. The van der Waals surface area contributed by atoms with Gasteiger partial charge in [0.15, 0.2) is 0 Å². The van der Waals surface area contributed by atoms with E-state index in [1.165, 1.54) is 0 Å². The molecule has 0 aliphatic heterocycles. The number of nitrogens with one attached hydrogen (secondary N) is 2. The van der Waals surface area contributed by atoms with Gasteiger partial charge in [0.1, 0.15) is 0 Å². The van der Waals surface area contributed by atoms with Crippen LogP contribution in [0.4, 0.5) is 4.79 Å². The first-order valence-electron chi connectivity index (χ1n) is 7.58. The molecule has 0 aromatic heterocycles. The fourth-order valence-corrected chi connectivity index (χ4v) is 2.66. The molecule has 0 saturated carbocycles. The van der Waals surface area contributed by atoms with Crippen LogP contribution >= 0.6 is 0 Å². The lowest BCUT2D eigenvalue weighted by molar-refractivity contribution is -0.137. The van der Waals surface area contributed by atoms with Crippen LogP contribution in [0.15, 0.2) is 0 Å². The predicted octanol–water partition coefficient (Wildman–Crippen LogP) is 1.73. The minimum atomic E-state index is -0.864. The molecule has 0 aliphatic rings. The Hall–Kier alpha value is -1.11. The number of urea groups is 1. The lowest BCUT2D eigenvalue weighted by Crippen LogP contribution is -2.38. The van der Waals surface area contributed by atoms with Gasteiger partial charge < -0.3 is 15.7 Å². The molecule has 0 saturated heterocycles. The van der Waals surface area contributed by atoms with Crippen molar-refractivity contribution in [2.75, 3.05) is 24.6 Å². The highest BCUT2D eigenvalue weighted by Crippen LogP contribution is 2.16. The fourth-order valence-electron chi connectivity index (χ4n) is 2.04. The van der Waals surface area contributed by atoms with Crippen LogP contribution in [0.5, 0.6) is 0 Å². The summed E-state index contributed by atoms with van der Waals surface area (Å²) in [5.74, 6) is 0.636. The number of rotatable bonds is 12. The van der Waals surface area contributed by atoms with Gasteiger partial charge >= 0.3 is 12.0 Å². The molecule has 2 amide bonds. The van der Waals surface area contributed by atoms with Crippen LogP contribution in [0.25, 0.3) is 0 Å². The quantitative estimate of drug-likeness (QED) is 0.510. The lowest BCUT2D eigenvalue weighted by atomic mass is 9.94. The second kappa shape index (κ2) is 12.6. The van der Waals surface area contributed by atoms with Gasteiger partial charge in [-0.25, -0.2) is 4.79 Å². The number of hydrogen-bond donors (Lipinski definition) is 3. The molecule has 0 aromatic carbocycles. The summed E-state index contributed by atoms with van der Waals surface area (Å²) in [7, 11) is -0.864. The summed E-state index contributed by atoms with van der Waals surface area (Å²) in [6.45, 7) is 4.86. The number of carbonyl (C=O) groups excluding carboxylic acids is 1. The van der Waals surface area contributed by atoms with Gasteiger partial charge in [0.2, 0.25) is 0 Å². The third-order valence-electron chi connectivity index (χ3n) is 3.24. The van der Waals surface area contributed by atoms with Crippen molar-refractivity contribution in [3.8, 4) is 0 Å². The molecule has 0 aliphatic carbocycles. The van der Waals surface area contributed by atoms with Crippen molar-refractivity contribution in [3.05, 3.63) is 0 Å². The van der Waals surface area contributed by atoms with Crippen molar-refractivity contribution in [2.24, 2.45) is 5.92 Å². The highest BCUT2D eigenvalue weighted by Gasteiger charge is 2.10. The number of hydrogen-bond acceptors (Lipinski definition) is 3. The molecule has 0 radical (unpaired) electrons. The summed E-state index contributed by atoms with van der Waals surface area (Å²) < 4.78 is 11.2. The van der Waals surface area contributed by atoms with Crippen molar-refractivity contribution >= 4 is 22.8 Å². The first-order chi connectivity index (χ1) is 9.99. The van der Waals surface area contributed by atoms with E-state index in [1.807, 2.05) is 6.92 Å². The van der Waals surface area contributed by atoms with Gasteiger partial charge in [-0.1, -0.05) is 26.7 Å². The third-order valence-corrected chi connectivity index (χ3v) is 4.54. The highest BCUT2D eigenvalue weighted by molar-refractivity contribution is 7.84. The Morgan fingerprint density at radius 2 is 1.76 bits per heavy atom. The molecule has 7 heteroatoms. The van der Waals surface area contributed by atoms with Crippen LogP contribution in [0.3, 0.4) is 0 Å². The smallest absolute Gasteiger partial charge is 0.314 e. The summed E-state index contributed by atoms with van der Waals surface area (Å²) >= 11 is 0. The molecule has 0 spiro atoms. The average molecular weight is 320 g/mol. The Morgan fingerprint density at radius 1 is 1.10 bits per heavy atom. The molecular weight excluding hydrogens is 292 g/mol. The van der Waals surface area contributed by atoms with E-state index in [0.29, 0.717) is 36.9 Å². The summed E-state index contributed by atoms with van der Waals surface area (Å²) in [6.07, 6.45) is 3.61. The van der Waals surface area contributed by atoms with Gasteiger partial charge in [-0.05, 0) is 18.8 Å². The zero-order valence-corrected chi connectivity index (χ0v) is 13.8. The number of amides is 2. The van der Waals surface area contributed by atoms with Crippen LogP contribution in [-0.4, -0.2) is 45.9 Å². The van der Waals surface area contributed by atoms with E-state index in [2.05, 4.69) is 17.6 Å². The monoisotopic (exact) mass is 320 g/mol.